The van der Waals surface area contributed by atoms with Gasteiger partial charge in [-0.15, -0.1) is 0 Å². The van der Waals surface area contributed by atoms with Crippen molar-refractivity contribution in [2.75, 3.05) is 13.2 Å². The van der Waals surface area contributed by atoms with Gasteiger partial charge in [-0.25, -0.2) is 0 Å². The van der Waals surface area contributed by atoms with E-state index in [-0.39, 0.29) is 31.3 Å². The highest BCUT2D eigenvalue weighted by Crippen LogP contribution is 2.17. The number of rotatable bonds is 3. The molecule has 1 aromatic rings. The fraction of sp³-hybridized carbons (Fsp3) is 0.462. The van der Waals surface area contributed by atoms with E-state index >= 15 is 0 Å². The van der Waals surface area contributed by atoms with Crippen LogP contribution < -0.4 is 0 Å². The van der Waals surface area contributed by atoms with Crippen LogP contribution in [0.25, 0.3) is 0 Å². The smallest absolute Gasteiger partial charge is 0.249 e. The number of hydrogen-bond acceptors (Lipinski definition) is 3. The van der Waals surface area contributed by atoms with E-state index in [9.17, 15) is 4.79 Å². The average Bonchev–Trinajstić information content (AvgIpc) is 2.36. The lowest BCUT2D eigenvalue weighted by atomic mass is 10.1. The zero-order valence-electron chi connectivity index (χ0n) is 9.87. The van der Waals surface area contributed by atoms with E-state index in [2.05, 4.69) is 0 Å². The van der Waals surface area contributed by atoms with Crippen LogP contribution in [0.15, 0.2) is 30.3 Å². The molecule has 1 amide bonds. The van der Waals surface area contributed by atoms with E-state index in [1.165, 1.54) is 0 Å². The van der Waals surface area contributed by atoms with E-state index in [4.69, 9.17) is 9.84 Å². The van der Waals surface area contributed by atoms with Gasteiger partial charge in [-0.2, -0.15) is 0 Å². The Morgan fingerprint density at radius 1 is 1.41 bits per heavy atom. The predicted octanol–water partition coefficient (Wildman–Crippen LogP) is 0.795. The van der Waals surface area contributed by atoms with Gasteiger partial charge in [-0.3, -0.25) is 4.79 Å². The highest BCUT2D eigenvalue weighted by molar-refractivity contribution is 5.78. The van der Waals surface area contributed by atoms with Crippen LogP contribution >= 0.6 is 0 Å². The molecule has 1 aliphatic rings. The summed E-state index contributed by atoms with van der Waals surface area (Å²) < 4.78 is 5.28. The second-order valence-electron chi connectivity index (χ2n) is 4.28. The molecule has 17 heavy (non-hydrogen) atoms. The van der Waals surface area contributed by atoms with Gasteiger partial charge in [-0.05, 0) is 12.5 Å². The van der Waals surface area contributed by atoms with Crippen LogP contribution in [0.1, 0.15) is 12.5 Å². The molecule has 1 N–H and O–H groups in total. The van der Waals surface area contributed by atoms with Crippen molar-refractivity contribution in [3.63, 3.8) is 0 Å². The summed E-state index contributed by atoms with van der Waals surface area (Å²) >= 11 is 0. The molecule has 1 heterocycles. The van der Waals surface area contributed by atoms with Crippen LogP contribution in [0.4, 0.5) is 0 Å². The topological polar surface area (TPSA) is 49.8 Å². The quantitative estimate of drug-likeness (QED) is 0.843. The van der Waals surface area contributed by atoms with Crippen LogP contribution in [0.3, 0.4) is 0 Å². The molecule has 1 saturated heterocycles. The summed E-state index contributed by atoms with van der Waals surface area (Å²) in [4.78, 5) is 13.6. The Labute approximate surface area is 101 Å². The number of aliphatic hydroxyl groups is 1. The Morgan fingerprint density at radius 3 is 2.76 bits per heavy atom. The maximum Gasteiger partial charge on any atom is 0.249 e. The van der Waals surface area contributed by atoms with Gasteiger partial charge in [0, 0.05) is 6.54 Å². The van der Waals surface area contributed by atoms with Crippen molar-refractivity contribution in [2.45, 2.75) is 25.6 Å². The van der Waals surface area contributed by atoms with Crippen LogP contribution in [0.2, 0.25) is 0 Å². The molecule has 0 spiro atoms. The fourth-order valence-corrected chi connectivity index (χ4v) is 2.05. The van der Waals surface area contributed by atoms with Gasteiger partial charge in [0.2, 0.25) is 5.91 Å². The third-order valence-corrected chi connectivity index (χ3v) is 3.15. The van der Waals surface area contributed by atoms with Crippen molar-refractivity contribution in [1.82, 2.24) is 4.90 Å². The maximum absolute atomic E-state index is 11.8. The second-order valence-corrected chi connectivity index (χ2v) is 4.28. The molecule has 0 bridgehead atoms. The zero-order chi connectivity index (χ0) is 12.3. The molecule has 92 valence electrons. The number of carbonyl (C=O) groups excluding carboxylic acids is 1. The minimum atomic E-state index is -0.281. The Bertz CT molecular complexity index is 380. The average molecular weight is 235 g/mol. The van der Waals surface area contributed by atoms with Crippen molar-refractivity contribution in [3.8, 4) is 0 Å². The van der Waals surface area contributed by atoms with Crippen LogP contribution in [-0.4, -0.2) is 41.3 Å². The molecular formula is C13H17NO3. The summed E-state index contributed by atoms with van der Waals surface area (Å²) in [5, 5.41) is 9.17. The van der Waals surface area contributed by atoms with E-state index in [0.717, 1.165) is 5.56 Å². The van der Waals surface area contributed by atoms with Gasteiger partial charge in [0.25, 0.3) is 0 Å². The second kappa shape index (κ2) is 5.29. The molecule has 4 nitrogen and oxygen atoms in total. The molecule has 1 fully saturated rings. The van der Waals surface area contributed by atoms with E-state index in [1.807, 2.05) is 37.3 Å². The SMILES string of the molecule is CC1C(CO)OCC(=O)N1Cc1ccccc1. The van der Waals surface area contributed by atoms with Crippen molar-refractivity contribution >= 4 is 5.91 Å². The van der Waals surface area contributed by atoms with Gasteiger partial charge in [0.1, 0.15) is 12.7 Å². The van der Waals surface area contributed by atoms with E-state index in [0.29, 0.717) is 6.54 Å². The molecule has 2 atom stereocenters. The van der Waals surface area contributed by atoms with Crippen molar-refractivity contribution < 1.29 is 14.6 Å². The number of ether oxygens (including phenoxy) is 1. The highest BCUT2D eigenvalue weighted by Gasteiger charge is 2.32. The third-order valence-electron chi connectivity index (χ3n) is 3.15. The molecule has 2 unspecified atom stereocenters. The van der Waals surface area contributed by atoms with Crippen molar-refractivity contribution in [2.24, 2.45) is 0 Å². The summed E-state index contributed by atoms with van der Waals surface area (Å²) in [5.41, 5.74) is 1.09. The first-order chi connectivity index (χ1) is 8.22. The molecule has 4 heteroatoms. The van der Waals surface area contributed by atoms with Gasteiger partial charge in [-0.1, -0.05) is 30.3 Å². The Balaban J connectivity index is 2.10. The largest absolute Gasteiger partial charge is 0.394 e. The fourth-order valence-electron chi connectivity index (χ4n) is 2.05. The van der Waals surface area contributed by atoms with Crippen molar-refractivity contribution in [3.05, 3.63) is 35.9 Å². The summed E-state index contributed by atoms with van der Waals surface area (Å²) in [6, 6.07) is 9.74. The van der Waals surface area contributed by atoms with Gasteiger partial charge >= 0.3 is 0 Å². The summed E-state index contributed by atoms with van der Waals surface area (Å²) in [7, 11) is 0. The molecular weight excluding hydrogens is 218 g/mol. The lowest BCUT2D eigenvalue weighted by Gasteiger charge is -2.38. The predicted molar refractivity (Wildman–Crippen MR) is 63.3 cm³/mol. The van der Waals surface area contributed by atoms with Crippen LogP contribution in [0, 0.1) is 0 Å². The molecule has 0 aliphatic carbocycles. The number of amides is 1. The lowest BCUT2D eigenvalue weighted by Crippen LogP contribution is -2.53. The van der Waals surface area contributed by atoms with Crippen LogP contribution in [0.5, 0.6) is 0 Å². The van der Waals surface area contributed by atoms with Crippen molar-refractivity contribution in [1.29, 1.82) is 0 Å². The maximum atomic E-state index is 11.8. The minimum Gasteiger partial charge on any atom is -0.394 e. The van der Waals surface area contributed by atoms with Crippen LogP contribution in [-0.2, 0) is 16.1 Å². The van der Waals surface area contributed by atoms with E-state index in [1.54, 1.807) is 4.90 Å². The molecule has 1 aromatic carbocycles. The Morgan fingerprint density at radius 2 is 2.12 bits per heavy atom. The lowest BCUT2D eigenvalue weighted by molar-refractivity contribution is -0.159. The third kappa shape index (κ3) is 2.65. The molecule has 1 aliphatic heterocycles. The molecule has 0 saturated carbocycles. The first-order valence-electron chi connectivity index (χ1n) is 5.78. The zero-order valence-corrected chi connectivity index (χ0v) is 9.87. The molecule has 2 rings (SSSR count). The Kier molecular flexibility index (Phi) is 3.76. The minimum absolute atomic E-state index is 0.0222. The first-order valence-corrected chi connectivity index (χ1v) is 5.78. The summed E-state index contributed by atoms with van der Waals surface area (Å²) in [5.74, 6) is -0.0222. The number of hydrogen-bond donors (Lipinski definition) is 1. The number of benzene rings is 1. The summed E-state index contributed by atoms with van der Waals surface area (Å²) in [6.07, 6.45) is -0.281. The standard InChI is InChI=1S/C13H17NO3/c1-10-12(8-15)17-9-13(16)14(10)7-11-5-3-2-4-6-11/h2-6,10,12,15H,7-9H2,1H3. The number of morpholine rings is 1. The highest BCUT2D eigenvalue weighted by atomic mass is 16.5. The van der Waals surface area contributed by atoms with Gasteiger partial charge < -0.3 is 14.7 Å². The van der Waals surface area contributed by atoms with Gasteiger partial charge in [0.15, 0.2) is 0 Å². The number of aliphatic hydroxyl groups excluding tert-OH is 1. The normalized spacial score (nSPS) is 25.1. The summed E-state index contributed by atoms with van der Waals surface area (Å²) in [6.45, 7) is 2.48. The van der Waals surface area contributed by atoms with E-state index < -0.39 is 0 Å². The number of carbonyl (C=O) groups is 1. The monoisotopic (exact) mass is 235 g/mol. The van der Waals surface area contributed by atoms with Gasteiger partial charge in [0.05, 0.1) is 12.6 Å². The Hall–Kier alpha value is -1.39. The first kappa shape index (κ1) is 12.1. The molecule has 0 aromatic heterocycles. The molecule has 0 radical (unpaired) electrons. The number of nitrogens with zero attached hydrogens (tertiary/aromatic N) is 1.